The minimum absolute atomic E-state index is 0.0581. The van der Waals surface area contributed by atoms with E-state index in [1.165, 1.54) is 31.4 Å². The number of halogens is 3. The average molecular weight is 422 g/mol. The second-order valence-corrected chi connectivity index (χ2v) is 7.77. The lowest BCUT2D eigenvalue weighted by atomic mass is 10.3. The van der Waals surface area contributed by atoms with Crippen LogP contribution in [0, 0.1) is 10.1 Å². The number of non-ortho nitro benzene ring substituents is 1. The van der Waals surface area contributed by atoms with E-state index in [0.717, 1.165) is 18.2 Å². The van der Waals surface area contributed by atoms with E-state index in [1.807, 2.05) is 0 Å². The van der Waals surface area contributed by atoms with Crippen molar-refractivity contribution in [1.82, 2.24) is 0 Å². The standard InChI is InChI=1S/C15H13F3N2O5S2/c1-25-12-7-6-10(20(21)22)8-14(12)27(23,24)19-11-4-2-3-5-13(11)26-9-15(16,17)18/h2-8,19H,9H2,1H3. The maximum Gasteiger partial charge on any atom is 0.398 e. The van der Waals surface area contributed by atoms with Gasteiger partial charge in [0.25, 0.3) is 15.7 Å². The lowest BCUT2D eigenvalue weighted by Gasteiger charge is -2.14. The summed E-state index contributed by atoms with van der Waals surface area (Å²) in [6.07, 6.45) is -4.43. The molecule has 0 aliphatic carbocycles. The van der Waals surface area contributed by atoms with Crippen molar-refractivity contribution in [2.75, 3.05) is 17.6 Å². The van der Waals surface area contributed by atoms with Gasteiger partial charge in [-0.2, -0.15) is 13.2 Å². The lowest BCUT2D eigenvalue weighted by Crippen LogP contribution is -2.15. The molecule has 2 aromatic carbocycles. The number of nitrogens with zero attached hydrogens (tertiary/aromatic N) is 1. The van der Waals surface area contributed by atoms with E-state index in [1.54, 1.807) is 0 Å². The predicted octanol–water partition coefficient (Wildman–Crippen LogP) is 4.06. The maximum atomic E-state index is 12.7. The summed E-state index contributed by atoms with van der Waals surface area (Å²) in [6.45, 7) is 0. The fraction of sp³-hybridized carbons (Fsp3) is 0.200. The molecule has 0 aromatic heterocycles. The van der Waals surface area contributed by atoms with Gasteiger partial charge >= 0.3 is 6.18 Å². The number of benzene rings is 2. The third-order valence-electron chi connectivity index (χ3n) is 3.17. The zero-order valence-corrected chi connectivity index (χ0v) is 15.3. The summed E-state index contributed by atoms with van der Waals surface area (Å²) in [7, 11) is -3.17. The highest BCUT2D eigenvalue weighted by molar-refractivity contribution is 7.99. The Morgan fingerprint density at radius 3 is 2.48 bits per heavy atom. The summed E-state index contributed by atoms with van der Waals surface area (Å²) < 4.78 is 69.8. The lowest BCUT2D eigenvalue weighted by molar-refractivity contribution is -0.385. The first-order valence-corrected chi connectivity index (χ1v) is 9.64. The second-order valence-electron chi connectivity index (χ2n) is 5.10. The second kappa shape index (κ2) is 8.05. The van der Waals surface area contributed by atoms with Crippen LogP contribution in [0.5, 0.6) is 5.75 Å². The number of methoxy groups -OCH3 is 1. The Morgan fingerprint density at radius 1 is 1.22 bits per heavy atom. The van der Waals surface area contributed by atoms with Crippen LogP contribution < -0.4 is 9.46 Å². The Kier molecular flexibility index (Phi) is 6.21. The van der Waals surface area contributed by atoms with Crippen LogP contribution >= 0.6 is 11.8 Å². The summed E-state index contributed by atoms with van der Waals surface area (Å²) in [4.78, 5) is 9.69. The van der Waals surface area contributed by atoms with E-state index >= 15 is 0 Å². The molecule has 0 radical (unpaired) electrons. The van der Waals surface area contributed by atoms with Gasteiger partial charge in [0, 0.05) is 17.0 Å². The number of nitrogens with one attached hydrogen (secondary N) is 1. The summed E-state index contributed by atoms with van der Waals surface area (Å²) in [5, 5.41) is 10.9. The molecule has 2 aromatic rings. The zero-order chi connectivity index (χ0) is 20.2. The Morgan fingerprint density at radius 2 is 1.89 bits per heavy atom. The van der Waals surface area contributed by atoms with Crippen LogP contribution in [0.3, 0.4) is 0 Å². The SMILES string of the molecule is COc1ccc([N+](=O)[O-])cc1S(=O)(=O)Nc1ccccc1SCC(F)(F)F. The third kappa shape index (κ3) is 5.50. The van der Waals surface area contributed by atoms with E-state index in [0.29, 0.717) is 11.8 Å². The van der Waals surface area contributed by atoms with E-state index in [2.05, 4.69) is 4.72 Å². The van der Waals surface area contributed by atoms with E-state index < -0.39 is 37.5 Å². The maximum absolute atomic E-state index is 12.7. The van der Waals surface area contributed by atoms with E-state index in [-0.39, 0.29) is 16.3 Å². The highest BCUT2D eigenvalue weighted by Crippen LogP contribution is 2.35. The van der Waals surface area contributed by atoms with Gasteiger partial charge in [-0.05, 0) is 18.2 Å². The van der Waals surface area contributed by atoms with Crippen molar-refractivity contribution in [3.63, 3.8) is 0 Å². The van der Waals surface area contributed by atoms with Gasteiger partial charge in [0.15, 0.2) is 0 Å². The molecule has 0 saturated heterocycles. The van der Waals surface area contributed by atoms with Gasteiger partial charge in [-0.25, -0.2) is 8.42 Å². The number of para-hydroxylation sites is 1. The van der Waals surface area contributed by atoms with Crippen LogP contribution in [0.15, 0.2) is 52.3 Å². The first kappa shape index (κ1) is 20.8. The third-order valence-corrected chi connectivity index (χ3v) is 5.70. The number of hydrogen-bond donors (Lipinski definition) is 1. The largest absolute Gasteiger partial charge is 0.495 e. The molecule has 27 heavy (non-hydrogen) atoms. The van der Waals surface area contributed by atoms with Crippen LogP contribution in [0.4, 0.5) is 24.5 Å². The normalized spacial score (nSPS) is 11.9. The molecule has 7 nitrogen and oxygen atoms in total. The van der Waals surface area contributed by atoms with Crippen molar-refractivity contribution >= 4 is 33.2 Å². The topological polar surface area (TPSA) is 98.5 Å². The Labute approximate surface area is 156 Å². The first-order valence-electron chi connectivity index (χ1n) is 7.17. The van der Waals surface area contributed by atoms with Crippen molar-refractivity contribution in [3.05, 3.63) is 52.6 Å². The van der Waals surface area contributed by atoms with Crippen LogP contribution in [0.2, 0.25) is 0 Å². The van der Waals surface area contributed by atoms with Crippen LogP contribution in [0.25, 0.3) is 0 Å². The van der Waals surface area contributed by atoms with Crippen molar-refractivity contribution in [3.8, 4) is 5.75 Å². The highest BCUT2D eigenvalue weighted by Gasteiger charge is 2.29. The molecular weight excluding hydrogens is 409 g/mol. The summed E-state index contributed by atoms with van der Waals surface area (Å²) in [5.41, 5.74) is -0.559. The molecule has 1 N–H and O–H groups in total. The van der Waals surface area contributed by atoms with Crippen molar-refractivity contribution in [1.29, 1.82) is 0 Å². The summed E-state index contributed by atoms with van der Waals surface area (Å²) in [5.74, 6) is -1.35. The monoisotopic (exact) mass is 422 g/mol. The summed E-state index contributed by atoms with van der Waals surface area (Å²) >= 11 is 0.416. The quantitative estimate of drug-likeness (QED) is 0.411. The fourth-order valence-corrected chi connectivity index (χ4v) is 4.13. The van der Waals surface area contributed by atoms with E-state index in [4.69, 9.17) is 4.74 Å². The van der Waals surface area contributed by atoms with Gasteiger partial charge in [-0.1, -0.05) is 12.1 Å². The molecule has 146 valence electrons. The van der Waals surface area contributed by atoms with Crippen LogP contribution in [0.1, 0.15) is 0 Å². The Balaban J connectivity index is 2.40. The molecule has 12 heteroatoms. The molecule has 0 atom stereocenters. The molecule has 0 aliphatic heterocycles. The average Bonchev–Trinajstić information content (AvgIpc) is 2.59. The Bertz CT molecular complexity index is 949. The Hall–Kier alpha value is -2.47. The number of rotatable bonds is 7. The molecule has 0 spiro atoms. The molecule has 2 rings (SSSR count). The van der Waals surface area contributed by atoms with Gasteiger partial charge in [0.1, 0.15) is 10.6 Å². The summed E-state index contributed by atoms with van der Waals surface area (Å²) in [6, 6.07) is 8.54. The highest BCUT2D eigenvalue weighted by atomic mass is 32.2. The molecule has 0 heterocycles. The molecule has 0 fully saturated rings. The predicted molar refractivity (Wildman–Crippen MR) is 93.7 cm³/mol. The van der Waals surface area contributed by atoms with Gasteiger partial charge in [-0.3, -0.25) is 14.8 Å². The minimum atomic E-state index is -4.43. The molecular formula is C15H13F3N2O5S2. The van der Waals surface area contributed by atoms with Gasteiger partial charge in [-0.15, -0.1) is 11.8 Å². The van der Waals surface area contributed by atoms with Crippen LogP contribution in [-0.2, 0) is 10.0 Å². The zero-order valence-electron chi connectivity index (χ0n) is 13.7. The number of hydrogen-bond acceptors (Lipinski definition) is 6. The van der Waals surface area contributed by atoms with Gasteiger partial charge in [0.2, 0.25) is 0 Å². The number of nitro benzene ring substituents is 1. The van der Waals surface area contributed by atoms with E-state index in [9.17, 15) is 31.7 Å². The first-order chi connectivity index (χ1) is 12.5. The van der Waals surface area contributed by atoms with Crippen molar-refractivity contribution in [2.24, 2.45) is 0 Å². The number of sulfonamides is 1. The number of nitro groups is 1. The van der Waals surface area contributed by atoms with Gasteiger partial charge in [0.05, 0.1) is 23.5 Å². The van der Waals surface area contributed by atoms with Gasteiger partial charge < -0.3 is 4.74 Å². The molecule has 0 aliphatic rings. The number of anilines is 1. The number of thioether (sulfide) groups is 1. The minimum Gasteiger partial charge on any atom is -0.495 e. The van der Waals surface area contributed by atoms with Crippen molar-refractivity contribution < 1.29 is 31.2 Å². The molecule has 0 saturated carbocycles. The molecule has 0 unspecified atom stereocenters. The van der Waals surface area contributed by atoms with Crippen LogP contribution in [-0.4, -0.2) is 32.4 Å². The molecule has 0 bridgehead atoms. The number of alkyl halides is 3. The fourth-order valence-electron chi connectivity index (χ4n) is 2.03. The smallest absolute Gasteiger partial charge is 0.398 e. The van der Waals surface area contributed by atoms with Crippen molar-refractivity contribution in [2.45, 2.75) is 16.0 Å². The molecule has 0 amide bonds. The number of ether oxygens (including phenoxy) is 1.